The molecule has 7 nitrogen and oxygen atoms in total. The Bertz CT molecular complexity index is 1130. The molecule has 2 heterocycles. The molecule has 0 aliphatic heterocycles. The van der Waals surface area contributed by atoms with E-state index >= 15 is 0 Å². The minimum Gasteiger partial charge on any atom is -0.472 e. The van der Waals surface area contributed by atoms with E-state index in [0.717, 1.165) is 11.1 Å². The van der Waals surface area contributed by atoms with Crippen molar-refractivity contribution in [2.75, 3.05) is 11.9 Å². The summed E-state index contributed by atoms with van der Waals surface area (Å²) < 4.78 is 17.9. The van der Waals surface area contributed by atoms with Crippen molar-refractivity contribution in [2.24, 2.45) is 0 Å². The van der Waals surface area contributed by atoms with Gasteiger partial charge < -0.3 is 20.0 Å². The van der Waals surface area contributed by atoms with Crippen molar-refractivity contribution >= 4 is 28.5 Å². The van der Waals surface area contributed by atoms with E-state index in [4.69, 9.17) is 4.42 Å². The van der Waals surface area contributed by atoms with Crippen LogP contribution in [-0.2, 0) is 4.79 Å². The number of nitrogens with zero attached hydrogens (tertiary/aromatic N) is 1. The average molecular weight is 378 g/mol. The Morgan fingerprint density at radius 2 is 1.93 bits per heavy atom. The number of H-pyrrole nitrogens is 1. The molecule has 2 amide bonds. The van der Waals surface area contributed by atoms with E-state index in [2.05, 4.69) is 20.6 Å². The SMILES string of the molecule is O=C(CNC(=O)c1ccoc1)Nc1ccc2nc(-c3ccc(F)cc3)[nH]c2c1. The van der Waals surface area contributed by atoms with Crippen molar-refractivity contribution in [1.29, 1.82) is 0 Å². The van der Waals surface area contributed by atoms with E-state index < -0.39 is 5.91 Å². The quantitative estimate of drug-likeness (QED) is 0.496. The number of hydrogen-bond acceptors (Lipinski definition) is 4. The molecule has 2 aromatic heterocycles. The topological polar surface area (TPSA) is 100 Å². The number of aromatic amines is 1. The second-order valence-electron chi connectivity index (χ2n) is 6.07. The Hall–Kier alpha value is -3.94. The number of nitrogens with one attached hydrogen (secondary N) is 3. The van der Waals surface area contributed by atoms with Gasteiger partial charge in [0.2, 0.25) is 5.91 Å². The summed E-state index contributed by atoms with van der Waals surface area (Å²) in [4.78, 5) is 31.5. The predicted molar refractivity (Wildman–Crippen MR) is 101 cm³/mol. The Kier molecular flexibility index (Phi) is 4.59. The van der Waals surface area contributed by atoms with Gasteiger partial charge in [0.1, 0.15) is 17.9 Å². The summed E-state index contributed by atoms with van der Waals surface area (Å²) in [6.07, 6.45) is 2.69. The van der Waals surface area contributed by atoms with Crippen LogP contribution in [0.1, 0.15) is 10.4 Å². The fourth-order valence-electron chi connectivity index (χ4n) is 2.69. The minimum absolute atomic E-state index is 0.175. The van der Waals surface area contributed by atoms with Gasteiger partial charge in [0.05, 0.1) is 29.4 Å². The van der Waals surface area contributed by atoms with Gasteiger partial charge in [0, 0.05) is 11.3 Å². The summed E-state index contributed by atoms with van der Waals surface area (Å²) in [5.41, 5.74) is 3.10. The molecule has 28 heavy (non-hydrogen) atoms. The fraction of sp³-hybridized carbons (Fsp3) is 0.0500. The maximum absolute atomic E-state index is 13.1. The second-order valence-corrected chi connectivity index (χ2v) is 6.07. The van der Waals surface area contributed by atoms with Gasteiger partial charge in [-0.2, -0.15) is 0 Å². The molecule has 8 heteroatoms. The Balaban J connectivity index is 1.43. The largest absolute Gasteiger partial charge is 0.472 e. The second kappa shape index (κ2) is 7.36. The number of carbonyl (C=O) groups is 2. The average Bonchev–Trinajstić information content (AvgIpc) is 3.36. The first-order chi connectivity index (χ1) is 13.6. The van der Waals surface area contributed by atoms with Gasteiger partial charge in [0.25, 0.3) is 5.91 Å². The highest BCUT2D eigenvalue weighted by atomic mass is 19.1. The summed E-state index contributed by atoms with van der Waals surface area (Å²) in [5, 5.41) is 5.23. The number of rotatable bonds is 5. The van der Waals surface area contributed by atoms with E-state index in [1.807, 2.05) is 0 Å². The predicted octanol–water partition coefficient (Wildman–Crippen LogP) is 3.33. The lowest BCUT2D eigenvalue weighted by Gasteiger charge is -2.06. The molecule has 0 radical (unpaired) electrons. The number of amides is 2. The molecular weight excluding hydrogens is 363 g/mol. The number of benzene rings is 2. The molecule has 0 atom stereocenters. The van der Waals surface area contributed by atoms with E-state index in [-0.39, 0.29) is 18.3 Å². The van der Waals surface area contributed by atoms with Crippen molar-refractivity contribution in [3.8, 4) is 11.4 Å². The normalized spacial score (nSPS) is 10.8. The monoisotopic (exact) mass is 378 g/mol. The molecule has 4 rings (SSSR count). The highest BCUT2D eigenvalue weighted by Crippen LogP contribution is 2.23. The highest BCUT2D eigenvalue weighted by Gasteiger charge is 2.10. The van der Waals surface area contributed by atoms with Crippen LogP contribution in [0.25, 0.3) is 22.4 Å². The van der Waals surface area contributed by atoms with E-state index in [1.165, 1.54) is 30.7 Å². The van der Waals surface area contributed by atoms with Crippen LogP contribution in [0.4, 0.5) is 10.1 Å². The van der Waals surface area contributed by atoms with Crippen molar-refractivity contribution in [2.45, 2.75) is 0 Å². The summed E-state index contributed by atoms with van der Waals surface area (Å²) in [7, 11) is 0. The zero-order valence-corrected chi connectivity index (χ0v) is 14.5. The van der Waals surface area contributed by atoms with Crippen LogP contribution >= 0.6 is 0 Å². The summed E-state index contributed by atoms with van der Waals surface area (Å²) >= 11 is 0. The van der Waals surface area contributed by atoms with E-state index in [0.29, 0.717) is 22.6 Å². The minimum atomic E-state index is -0.392. The Labute approximate surface area is 158 Å². The van der Waals surface area contributed by atoms with Crippen molar-refractivity contribution in [3.63, 3.8) is 0 Å². The van der Waals surface area contributed by atoms with Crippen LogP contribution in [0, 0.1) is 5.82 Å². The van der Waals surface area contributed by atoms with Gasteiger partial charge in [-0.3, -0.25) is 9.59 Å². The first-order valence-electron chi connectivity index (χ1n) is 8.44. The summed E-state index contributed by atoms with van der Waals surface area (Å²) in [6.45, 7) is -0.175. The van der Waals surface area contributed by atoms with Gasteiger partial charge >= 0.3 is 0 Å². The number of imidazole rings is 1. The van der Waals surface area contributed by atoms with Crippen molar-refractivity contribution < 1.29 is 18.4 Å². The number of aromatic nitrogens is 2. The number of hydrogen-bond donors (Lipinski definition) is 3. The molecule has 0 saturated carbocycles. The summed E-state index contributed by atoms with van der Waals surface area (Å²) in [6, 6.07) is 12.7. The van der Waals surface area contributed by atoms with Crippen LogP contribution in [0.2, 0.25) is 0 Å². The number of fused-ring (bicyclic) bond motifs is 1. The zero-order chi connectivity index (χ0) is 19.5. The molecule has 0 aliphatic carbocycles. The van der Waals surface area contributed by atoms with Crippen LogP contribution in [-0.4, -0.2) is 28.3 Å². The molecule has 0 aliphatic rings. The first kappa shape index (κ1) is 17.5. The van der Waals surface area contributed by atoms with Crippen molar-refractivity contribution in [3.05, 3.63) is 72.4 Å². The third kappa shape index (κ3) is 3.75. The van der Waals surface area contributed by atoms with Crippen LogP contribution in [0.3, 0.4) is 0 Å². The Morgan fingerprint density at radius 1 is 1.11 bits per heavy atom. The van der Waals surface area contributed by atoms with Gasteiger partial charge in [-0.25, -0.2) is 9.37 Å². The van der Waals surface area contributed by atoms with Crippen LogP contribution in [0.15, 0.2) is 65.5 Å². The molecule has 0 unspecified atom stereocenters. The number of furan rings is 1. The van der Waals surface area contributed by atoms with E-state index in [1.54, 1.807) is 30.3 Å². The van der Waals surface area contributed by atoms with Gasteiger partial charge in [-0.15, -0.1) is 0 Å². The third-order valence-electron chi connectivity index (χ3n) is 4.08. The maximum atomic E-state index is 13.1. The molecular formula is C20H15FN4O3. The Morgan fingerprint density at radius 3 is 2.68 bits per heavy atom. The smallest absolute Gasteiger partial charge is 0.254 e. The lowest BCUT2D eigenvalue weighted by molar-refractivity contribution is -0.115. The fourth-order valence-corrected chi connectivity index (χ4v) is 2.69. The summed E-state index contributed by atoms with van der Waals surface area (Å²) in [5.74, 6) is -0.470. The first-order valence-corrected chi connectivity index (χ1v) is 8.44. The third-order valence-corrected chi connectivity index (χ3v) is 4.08. The van der Waals surface area contributed by atoms with Crippen LogP contribution in [0.5, 0.6) is 0 Å². The number of anilines is 1. The van der Waals surface area contributed by atoms with Crippen molar-refractivity contribution in [1.82, 2.24) is 15.3 Å². The lowest BCUT2D eigenvalue weighted by atomic mass is 10.2. The molecule has 0 saturated heterocycles. The molecule has 3 N–H and O–H groups in total. The van der Waals surface area contributed by atoms with E-state index in [9.17, 15) is 14.0 Å². The lowest BCUT2D eigenvalue weighted by Crippen LogP contribution is -2.32. The standard InChI is InChI=1S/C20H15FN4O3/c21-14-3-1-12(2-4-14)19-24-16-6-5-15(9-17(16)25-19)23-18(26)10-22-20(27)13-7-8-28-11-13/h1-9,11H,10H2,(H,22,27)(H,23,26)(H,24,25). The number of carbonyl (C=O) groups excluding carboxylic acids is 2. The number of halogens is 1. The van der Waals surface area contributed by atoms with Gasteiger partial charge in [0.15, 0.2) is 0 Å². The van der Waals surface area contributed by atoms with Gasteiger partial charge in [-0.05, 0) is 48.5 Å². The van der Waals surface area contributed by atoms with Crippen LogP contribution < -0.4 is 10.6 Å². The molecule has 4 aromatic rings. The molecule has 0 bridgehead atoms. The molecule has 0 spiro atoms. The molecule has 2 aromatic carbocycles. The molecule has 0 fully saturated rings. The van der Waals surface area contributed by atoms with Gasteiger partial charge in [-0.1, -0.05) is 0 Å². The maximum Gasteiger partial charge on any atom is 0.254 e. The molecule has 140 valence electrons. The highest BCUT2D eigenvalue weighted by molar-refractivity contribution is 5.99. The zero-order valence-electron chi connectivity index (χ0n) is 14.5.